The van der Waals surface area contributed by atoms with E-state index in [1.807, 2.05) is 30.3 Å². The van der Waals surface area contributed by atoms with E-state index in [9.17, 15) is 14.7 Å². The minimum absolute atomic E-state index is 0.0251. The lowest BCUT2D eigenvalue weighted by Gasteiger charge is -2.19. The fraction of sp³-hybridized carbons (Fsp3) is 0.0909. The minimum Gasteiger partial charge on any atom is -0.507 e. The van der Waals surface area contributed by atoms with Crippen LogP contribution in [-0.2, 0) is 11.2 Å². The molecule has 3 aromatic carbocycles. The number of phenols is 1. The first-order valence-corrected chi connectivity index (χ1v) is 10.1. The van der Waals surface area contributed by atoms with E-state index < -0.39 is 17.9 Å². The van der Waals surface area contributed by atoms with E-state index in [0.29, 0.717) is 15.7 Å². The summed E-state index contributed by atoms with van der Waals surface area (Å²) in [6.07, 6.45) is 0.237. The number of rotatable bonds is 6. The molecule has 0 bridgehead atoms. The SMILES string of the molecule is O=C(N[C@@H](Cc1ccccc1)C(=O)Nc1ccc(Cl)c(Cl)c1)c1cc(Cl)ccc1O. The molecule has 3 N–H and O–H groups in total. The molecular formula is C22H17Cl3N2O3. The number of anilines is 1. The Morgan fingerprint density at radius 1 is 0.900 bits per heavy atom. The predicted octanol–water partition coefficient (Wildman–Crippen LogP) is 5.33. The molecule has 1 atom stereocenters. The third-order valence-electron chi connectivity index (χ3n) is 4.29. The molecule has 0 saturated heterocycles. The van der Waals surface area contributed by atoms with Crippen LogP contribution in [0.2, 0.25) is 15.1 Å². The molecule has 154 valence electrons. The molecule has 3 aromatic rings. The van der Waals surface area contributed by atoms with Gasteiger partial charge >= 0.3 is 0 Å². The minimum atomic E-state index is -0.923. The molecule has 5 nitrogen and oxygen atoms in total. The van der Waals surface area contributed by atoms with Gasteiger partial charge in [-0.2, -0.15) is 0 Å². The number of carbonyl (C=O) groups excluding carboxylic acids is 2. The number of hydrogen-bond donors (Lipinski definition) is 3. The van der Waals surface area contributed by atoms with Gasteiger partial charge < -0.3 is 15.7 Å². The molecule has 0 heterocycles. The number of nitrogens with one attached hydrogen (secondary N) is 2. The summed E-state index contributed by atoms with van der Waals surface area (Å²) >= 11 is 17.9. The van der Waals surface area contributed by atoms with Crippen LogP contribution >= 0.6 is 34.8 Å². The van der Waals surface area contributed by atoms with Crippen LogP contribution in [0, 0.1) is 0 Å². The van der Waals surface area contributed by atoms with Gasteiger partial charge in [0.1, 0.15) is 11.8 Å². The van der Waals surface area contributed by atoms with Gasteiger partial charge in [0.05, 0.1) is 15.6 Å². The van der Waals surface area contributed by atoms with Crippen molar-refractivity contribution in [2.75, 3.05) is 5.32 Å². The Morgan fingerprint density at radius 2 is 1.63 bits per heavy atom. The quantitative estimate of drug-likeness (QED) is 0.462. The van der Waals surface area contributed by atoms with Crippen molar-refractivity contribution in [2.45, 2.75) is 12.5 Å². The molecule has 0 unspecified atom stereocenters. The van der Waals surface area contributed by atoms with Crippen LogP contribution in [0.15, 0.2) is 66.7 Å². The topological polar surface area (TPSA) is 78.4 Å². The largest absolute Gasteiger partial charge is 0.507 e. The fourth-order valence-corrected chi connectivity index (χ4v) is 3.26. The summed E-state index contributed by atoms with van der Waals surface area (Å²) < 4.78 is 0. The molecule has 0 aliphatic rings. The number of hydrogen-bond acceptors (Lipinski definition) is 3. The lowest BCUT2D eigenvalue weighted by molar-refractivity contribution is -0.118. The lowest BCUT2D eigenvalue weighted by atomic mass is 10.0. The van der Waals surface area contributed by atoms with E-state index in [2.05, 4.69) is 10.6 Å². The van der Waals surface area contributed by atoms with Crippen LogP contribution in [0.3, 0.4) is 0 Å². The molecule has 0 spiro atoms. The number of halogens is 3. The van der Waals surface area contributed by atoms with Gasteiger partial charge in [0, 0.05) is 17.1 Å². The van der Waals surface area contributed by atoms with E-state index in [4.69, 9.17) is 34.8 Å². The number of carbonyl (C=O) groups is 2. The Balaban J connectivity index is 1.83. The summed E-state index contributed by atoms with van der Waals surface area (Å²) in [5, 5.41) is 16.3. The predicted molar refractivity (Wildman–Crippen MR) is 120 cm³/mol. The standard InChI is InChI=1S/C22H17Cl3N2O3/c23-14-6-9-20(28)16(11-14)21(29)27-19(10-13-4-2-1-3-5-13)22(30)26-15-7-8-17(24)18(25)12-15/h1-9,11-12,19,28H,10H2,(H,26,30)(H,27,29)/t19-/m0/s1. The zero-order chi connectivity index (χ0) is 21.7. The second kappa shape index (κ2) is 9.85. The van der Waals surface area contributed by atoms with Crippen LogP contribution in [0.1, 0.15) is 15.9 Å². The highest BCUT2D eigenvalue weighted by Gasteiger charge is 2.24. The Hall–Kier alpha value is -2.73. The van der Waals surface area contributed by atoms with Gasteiger partial charge in [0.25, 0.3) is 5.91 Å². The average molecular weight is 464 g/mol. The van der Waals surface area contributed by atoms with E-state index in [-0.39, 0.29) is 22.8 Å². The van der Waals surface area contributed by atoms with Crippen molar-refractivity contribution in [3.8, 4) is 5.75 Å². The lowest BCUT2D eigenvalue weighted by Crippen LogP contribution is -2.45. The highest BCUT2D eigenvalue weighted by Crippen LogP contribution is 2.25. The highest BCUT2D eigenvalue weighted by molar-refractivity contribution is 6.42. The smallest absolute Gasteiger partial charge is 0.255 e. The molecule has 2 amide bonds. The highest BCUT2D eigenvalue weighted by atomic mass is 35.5. The molecule has 0 aliphatic carbocycles. The van der Waals surface area contributed by atoms with Crippen LogP contribution in [0.5, 0.6) is 5.75 Å². The van der Waals surface area contributed by atoms with E-state index in [1.54, 1.807) is 12.1 Å². The van der Waals surface area contributed by atoms with Crippen molar-refractivity contribution >= 4 is 52.3 Å². The maximum atomic E-state index is 12.9. The molecule has 0 aromatic heterocycles. The first-order valence-electron chi connectivity index (χ1n) is 8.92. The zero-order valence-electron chi connectivity index (χ0n) is 15.5. The van der Waals surface area contributed by atoms with Crippen LogP contribution < -0.4 is 10.6 Å². The van der Waals surface area contributed by atoms with Gasteiger partial charge in [0.15, 0.2) is 0 Å². The van der Waals surface area contributed by atoms with Crippen molar-refractivity contribution in [3.05, 3.63) is 92.9 Å². The summed E-state index contributed by atoms with van der Waals surface area (Å²) in [4.78, 5) is 25.7. The summed E-state index contributed by atoms with van der Waals surface area (Å²) in [6, 6.07) is 17.1. The van der Waals surface area contributed by atoms with Crippen molar-refractivity contribution < 1.29 is 14.7 Å². The Kier molecular flexibility index (Phi) is 7.21. The van der Waals surface area contributed by atoms with E-state index in [1.165, 1.54) is 24.3 Å². The van der Waals surface area contributed by atoms with Crippen LogP contribution in [-0.4, -0.2) is 23.0 Å². The van der Waals surface area contributed by atoms with Gasteiger partial charge in [-0.3, -0.25) is 9.59 Å². The molecule has 0 saturated carbocycles. The van der Waals surface area contributed by atoms with Crippen molar-refractivity contribution in [1.29, 1.82) is 0 Å². The Bertz CT molecular complexity index is 1070. The summed E-state index contributed by atoms with van der Waals surface area (Å²) in [6.45, 7) is 0. The second-order valence-corrected chi connectivity index (χ2v) is 7.75. The maximum Gasteiger partial charge on any atom is 0.255 e. The normalized spacial score (nSPS) is 11.6. The fourth-order valence-electron chi connectivity index (χ4n) is 2.79. The Labute approximate surface area is 188 Å². The van der Waals surface area contributed by atoms with E-state index >= 15 is 0 Å². The molecule has 3 rings (SSSR count). The molecule has 0 radical (unpaired) electrons. The van der Waals surface area contributed by atoms with Crippen LogP contribution in [0.4, 0.5) is 5.69 Å². The monoisotopic (exact) mass is 462 g/mol. The molecule has 30 heavy (non-hydrogen) atoms. The first kappa shape index (κ1) is 22.0. The first-order chi connectivity index (χ1) is 14.3. The van der Waals surface area contributed by atoms with Crippen molar-refractivity contribution in [1.82, 2.24) is 5.32 Å². The average Bonchev–Trinajstić information content (AvgIpc) is 2.72. The summed E-state index contributed by atoms with van der Waals surface area (Å²) in [7, 11) is 0. The number of benzene rings is 3. The number of phenolic OH excluding ortho intramolecular Hbond substituents is 1. The molecule has 0 aliphatic heterocycles. The van der Waals surface area contributed by atoms with E-state index in [0.717, 1.165) is 5.56 Å². The van der Waals surface area contributed by atoms with Crippen molar-refractivity contribution in [3.63, 3.8) is 0 Å². The third kappa shape index (κ3) is 5.66. The van der Waals surface area contributed by atoms with Gasteiger partial charge in [0.2, 0.25) is 5.91 Å². The third-order valence-corrected chi connectivity index (χ3v) is 5.27. The molecule has 8 heteroatoms. The number of amides is 2. The maximum absolute atomic E-state index is 12.9. The zero-order valence-corrected chi connectivity index (χ0v) is 17.8. The number of aromatic hydroxyl groups is 1. The van der Waals surface area contributed by atoms with Gasteiger partial charge in [-0.15, -0.1) is 0 Å². The molecular weight excluding hydrogens is 447 g/mol. The summed E-state index contributed by atoms with van der Waals surface area (Å²) in [5.74, 6) is -1.31. The molecule has 0 fully saturated rings. The second-order valence-electron chi connectivity index (χ2n) is 6.50. The van der Waals surface area contributed by atoms with Crippen molar-refractivity contribution in [2.24, 2.45) is 0 Å². The summed E-state index contributed by atoms with van der Waals surface area (Å²) in [5.41, 5.74) is 1.26. The van der Waals surface area contributed by atoms with Crippen LogP contribution in [0.25, 0.3) is 0 Å². The Morgan fingerprint density at radius 3 is 2.33 bits per heavy atom. The van der Waals surface area contributed by atoms with Gasteiger partial charge in [-0.1, -0.05) is 65.1 Å². The van der Waals surface area contributed by atoms with Gasteiger partial charge in [-0.25, -0.2) is 0 Å². The van der Waals surface area contributed by atoms with Gasteiger partial charge in [-0.05, 0) is 42.0 Å².